The molecule has 0 N–H and O–H groups in total. The number of benzene rings is 2. The summed E-state index contributed by atoms with van der Waals surface area (Å²) < 4.78 is 42.9. The van der Waals surface area contributed by atoms with Gasteiger partial charge in [0, 0.05) is 19.2 Å². The van der Waals surface area contributed by atoms with Crippen LogP contribution in [-0.2, 0) is 14.8 Å². The van der Waals surface area contributed by atoms with E-state index in [1.54, 1.807) is 12.1 Å². The van der Waals surface area contributed by atoms with Gasteiger partial charge in [0.1, 0.15) is 11.5 Å². The number of nitrogens with zero attached hydrogens (tertiary/aromatic N) is 1. The molecular formula is C24H29NO7S. The van der Waals surface area contributed by atoms with Crippen molar-refractivity contribution in [1.29, 1.82) is 0 Å². The topological polar surface area (TPSA) is 99.2 Å². The molecule has 0 radical (unpaired) electrons. The summed E-state index contributed by atoms with van der Waals surface area (Å²) in [6.45, 7) is 4.56. The first-order chi connectivity index (χ1) is 15.6. The molecule has 0 aromatic heterocycles. The molecule has 0 spiro atoms. The fraction of sp³-hybridized carbons (Fsp3) is 0.417. The Hall–Kier alpha value is -2.91. The highest BCUT2D eigenvalue weighted by Gasteiger charge is 2.31. The fourth-order valence-electron chi connectivity index (χ4n) is 4.04. The molecule has 2 unspecified atom stereocenters. The van der Waals surface area contributed by atoms with Gasteiger partial charge in [-0.1, -0.05) is 13.8 Å². The second-order valence-electron chi connectivity index (χ2n) is 8.36. The second kappa shape index (κ2) is 10.4. The Morgan fingerprint density at radius 1 is 0.970 bits per heavy atom. The van der Waals surface area contributed by atoms with Crippen LogP contribution in [0, 0.1) is 11.8 Å². The van der Waals surface area contributed by atoms with E-state index in [2.05, 4.69) is 0 Å². The molecule has 1 aliphatic rings. The number of ketones is 1. The SMILES string of the molecule is COc1ccc(C(=O)COC(=O)c2ccc(S(=O)(=O)N3CC(C)CC(C)C3)cc2)c(OC)c1. The van der Waals surface area contributed by atoms with Gasteiger partial charge in [0.15, 0.2) is 6.61 Å². The second-order valence-corrected chi connectivity index (χ2v) is 10.3. The van der Waals surface area contributed by atoms with E-state index in [1.165, 1.54) is 48.9 Å². The maximum absolute atomic E-state index is 13.0. The Morgan fingerprint density at radius 2 is 1.61 bits per heavy atom. The van der Waals surface area contributed by atoms with Gasteiger partial charge in [0.2, 0.25) is 15.8 Å². The van der Waals surface area contributed by atoms with Crippen molar-refractivity contribution >= 4 is 21.8 Å². The largest absolute Gasteiger partial charge is 0.497 e. The summed E-state index contributed by atoms with van der Waals surface area (Å²) in [4.78, 5) is 25.0. The normalized spacial score (nSPS) is 19.0. The third kappa shape index (κ3) is 5.72. The first-order valence-corrected chi connectivity index (χ1v) is 12.1. The zero-order valence-electron chi connectivity index (χ0n) is 19.2. The smallest absolute Gasteiger partial charge is 0.338 e. The maximum Gasteiger partial charge on any atom is 0.338 e. The van der Waals surface area contributed by atoms with Crippen molar-refractivity contribution in [3.8, 4) is 11.5 Å². The van der Waals surface area contributed by atoms with Crippen LogP contribution in [0.25, 0.3) is 0 Å². The van der Waals surface area contributed by atoms with Crippen molar-refractivity contribution in [3.63, 3.8) is 0 Å². The molecule has 3 rings (SSSR count). The Bertz CT molecular complexity index is 1100. The number of Topliss-reactive ketones (excluding diaryl/α,β-unsaturated/α-hetero) is 1. The average molecular weight is 476 g/mol. The van der Waals surface area contributed by atoms with Crippen LogP contribution in [-0.4, -0.2) is 58.4 Å². The van der Waals surface area contributed by atoms with Gasteiger partial charge in [0.05, 0.1) is 30.2 Å². The molecule has 9 heteroatoms. The van der Waals surface area contributed by atoms with Gasteiger partial charge in [-0.05, 0) is 54.7 Å². The van der Waals surface area contributed by atoms with Gasteiger partial charge in [0.25, 0.3) is 0 Å². The molecule has 0 aliphatic carbocycles. The highest BCUT2D eigenvalue weighted by molar-refractivity contribution is 7.89. The third-order valence-corrected chi connectivity index (χ3v) is 7.45. The van der Waals surface area contributed by atoms with E-state index < -0.39 is 28.4 Å². The number of methoxy groups -OCH3 is 2. The molecule has 1 saturated heterocycles. The first kappa shape index (κ1) is 24.7. The summed E-state index contributed by atoms with van der Waals surface area (Å²) in [5.41, 5.74) is 0.418. The van der Waals surface area contributed by atoms with Crippen LogP contribution in [0.3, 0.4) is 0 Å². The zero-order chi connectivity index (χ0) is 24.2. The number of piperidine rings is 1. The fourth-order valence-corrected chi connectivity index (χ4v) is 5.71. The lowest BCUT2D eigenvalue weighted by atomic mass is 9.94. The molecule has 8 nitrogen and oxygen atoms in total. The average Bonchev–Trinajstić information content (AvgIpc) is 2.81. The highest BCUT2D eigenvalue weighted by Crippen LogP contribution is 2.27. The van der Waals surface area contributed by atoms with Crippen molar-refractivity contribution in [2.45, 2.75) is 25.2 Å². The van der Waals surface area contributed by atoms with E-state index >= 15 is 0 Å². The molecule has 1 aliphatic heterocycles. The predicted molar refractivity (Wildman–Crippen MR) is 122 cm³/mol. The van der Waals surface area contributed by atoms with E-state index in [1.807, 2.05) is 13.8 Å². The zero-order valence-corrected chi connectivity index (χ0v) is 20.1. The van der Waals surface area contributed by atoms with E-state index in [9.17, 15) is 18.0 Å². The van der Waals surface area contributed by atoms with Crippen LogP contribution < -0.4 is 9.47 Å². The molecule has 178 valence electrons. The molecule has 0 bridgehead atoms. The van der Waals surface area contributed by atoms with Crippen molar-refractivity contribution in [2.75, 3.05) is 33.9 Å². The molecular weight excluding hydrogens is 446 g/mol. The number of ether oxygens (including phenoxy) is 3. The molecule has 1 fully saturated rings. The van der Waals surface area contributed by atoms with Crippen LogP contribution >= 0.6 is 0 Å². The molecule has 2 atom stereocenters. The number of rotatable bonds is 8. The van der Waals surface area contributed by atoms with Crippen molar-refractivity contribution in [2.24, 2.45) is 11.8 Å². The van der Waals surface area contributed by atoms with Gasteiger partial charge < -0.3 is 14.2 Å². The van der Waals surface area contributed by atoms with E-state index in [-0.39, 0.29) is 16.0 Å². The molecule has 33 heavy (non-hydrogen) atoms. The summed E-state index contributed by atoms with van der Waals surface area (Å²) in [7, 11) is -0.712. The molecule has 0 amide bonds. The minimum absolute atomic E-state index is 0.124. The Balaban J connectivity index is 1.65. The van der Waals surface area contributed by atoms with E-state index in [0.717, 1.165) is 6.42 Å². The van der Waals surface area contributed by atoms with Crippen LogP contribution in [0.4, 0.5) is 0 Å². The Labute approximate surface area is 194 Å². The van der Waals surface area contributed by atoms with E-state index in [0.29, 0.717) is 36.4 Å². The van der Waals surface area contributed by atoms with Gasteiger partial charge in [-0.25, -0.2) is 13.2 Å². The Morgan fingerprint density at radius 3 is 2.18 bits per heavy atom. The lowest BCUT2D eigenvalue weighted by Gasteiger charge is -2.34. The van der Waals surface area contributed by atoms with Gasteiger partial charge >= 0.3 is 5.97 Å². The summed E-state index contributed by atoms with van der Waals surface area (Å²) in [6.07, 6.45) is 0.998. The maximum atomic E-state index is 13.0. The number of hydrogen-bond acceptors (Lipinski definition) is 7. The third-order valence-electron chi connectivity index (χ3n) is 5.61. The molecule has 1 heterocycles. The number of carbonyl (C=O) groups excluding carboxylic acids is 2. The molecule has 2 aromatic carbocycles. The number of carbonyl (C=O) groups is 2. The highest BCUT2D eigenvalue weighted by atomic mass is 32.2. The van der Waals surface area contributed by atoms with Gasteiger partial charge in [-0.3, -0.25) is 4.79 Å². The standard InChI is InChI=1S/C24H29NO7S/c1-16-11-17(2)14-25(13-16)33(28,29)20-8-5-18(6-9-20)24(27)32-15-22(26)21-10-7-19(30-3)12-23(21)31-4/h5-10,12,16-17H,11,13-15H2,1-4H3. The van der Waals surface area contributed by atoms with Crippen molar-refractivity contribution < 1.29 is 32.2 Å². The van der Waals surface area contributed by atoms with E-state index in [4.69, 9.17) is 14.2 Å². The van der Waals surface area contributed by atoms with Crippen LogP contribution in [0.1, 0.15) is 41.0 Å². The Kier molecular flexibility index (Phi) is 7.76. The van der Waals surface area contributed by atoms with Crippen molar-refractivity contribution in [1.82, 2.24) is 4.31 Å². The molecule has 0 saturated carbocycles. The molecule has 2 aromatic rings. The lowest BCUT2D eigenvalue weighted by molar-refractivity contribution is 0.0474. The van der Waals surface area contributed by atoms with Crippen LogP contribution in [0.5, 0.6) is 11.5 Å². The quantitative estimate of drug-likeness (QED) is 0.426. The van der Waals surface area contributed by atoms with Gasteiger partial charge in [-0.2, -0.15) is 4.31 Å². The van der Waals surface area contributed by atoms with Crippen molar-refractivity contribution in [3.05, 3.63) is 53.6 Å². The van der Waals surface area contributed by atoms with Gasteiger partial charge in [-0.15, -0.1) is 0 Å². The summed E-state index contributed by atoms with van der Waals surface area (Å²) in [5.74, 6) is 0.268. The predicted octanol–water partition coefficient (Wildman–Crippen LogP) is 3.41. The summed E-state index contributed by atoms with van der Waals surface area (Å²) in [6, 6.07) is 10.3. The number of hydrogen-bond donors (Lipinski definition) is 0. The monoisotopic (exact) mass is 475 g/mol. The first-order valence-electron chi connectivity index (χ1n) is 10.7. The number of sulfonamides is 1. The van der Waals surface area contributed by atoms with Crippen LogP contribution in [0.15, 0.2) is 47.4 Å². The lowest BCUT2D eigenvalue weighted by Crippen LogP contribution is -2.42. The minimum Gasteiger partial charge on any atom is -0.497 e. The summed E-state index contributed by atoms with van der Waals surface area (Å²) in [5, 5.41) is 0. The van der Waals surface area contributed by atoms with Crippen LogP contribution in [0.2, 0.25) is 0 Å². The minimum atomic E-state index is -3.64. The number of esters is 1. The summed E-state index contributed by atoms with van der Waals surface area (Å²) >= 11 is 0.